The lowest BCUT2D eigenvalue weighted by Gasteiger charge is -2.13. The molecule has 0 spiro atoms. The molecule has 1 aromatic rings. The number of alkyl halides is 2. The van der Waals surface area contributed by atoms with Crippen LogP contribution in [0.4, 0.5) is 0 Å². The highest BCUT2D eigenvalue weighted by molar-refractivity contribution is 9.24. The van der Waals surface area contributed by atoms with Crippen molar-refractivity contribution in [3.05, 3.63) is 29.3 Å². The Morgan fingerprint density at radius 3 is 2.41 bits per heavy atom. The largest absolute Gasteiger partial charge is 0.465 e. The summed E-state index contributed by atoms with van der Waals surface area (Å²) in [6.45, 7) is 1.27. The number of ether oxygens (including phenoxy) is 2. The monoisotopic (exact) mass is 364 g/mol. The van der Waals surface area contributed by atoms with Crippen LogP contribution in [0.5, 0.6) is 5.75 Å². The van der Waals surface area contributed by atoms with Gasteiger partial charge in [0.15, 0.2) is 0 Å². The van der Waals surface area contributed by atoms with E-state index in [9.17, 15) is 9.59 Å². The van der Waals surface area contributed by atoms with Gasteiger partial charge in [-0.15, -0.1) is 0 Å². The van der Waals surface area contributed by atoms with Crippen molar-refractivity contribution in [2.75, 3.05) is 7.11 Å². The molecule has 4 nitrogen and oxygen atoms in total. The number of carbonyl (C=O) groups is 2. The second-order valence-electron chi connectivity index (χ2n) is 3.11. The normalized spacial score (nSPS) is 10.2. The lowest BCUT2D eigenvalue weighted by molar-refractivity contribution is -0.131. The summed E-state index contributed by atoms with van der Waals surface area (Å²) in [5.74, 6) is -0.862. The molecule has 0 saturated carbocycles. The van der Waals surface area contributed by atoms with Gasteiger partial charge in [-0.05, 0) is 11.6 Å². The predicted octanol–water partition coefficient (Wildman–Crippen LogP) is 3.19. The van der Waals surface area contributed by atoms with E-state index in [0.29, 0.717) is 5.56 Å². The van der Waals surface area contributed by atoms with Crippen molar-refractivity contribution in [2.45, 2.75) is 10.7 Å². The topological polar surface area (TPSA) is 52.6 Å². The van der Waals surface area contributed by atoms with Gasteiger partial charge in [-0.2, -0.15) is 0 Å². The van der Waals surface area contributed by atoms with Crippen molar-refractivity contribution in [1.82, 2.24) is 0 Å². The fourth-order valence-electron chi connectivity index (χ4n) is 1.29. The number of benzene rings is 1. The van der Waals surface area contributed by atoms with E-state index in [1.54, 1.807) is 18.2 Å². The molecule has 92 valence electrons. The molecule has 0 heterocycles. The van der Waals surface area contributed by atoms with Crippen molar-refractivity contribution in [3.63, 3.8) is 0 Å². The first-order valence-electron chi connectivity index (χ1n) is 4.65. The minimum Gasteiger partial charge on any atom is -0.465 e. The van der Waals surface area contributed by atoms with Crippen LogP contribution >= 0.6 is 31.9 Å². The smallest absolute Gasteiger partial charge is 0.342 e. The van der Waals surface area contributed by atoms with Crippen LogP contribution in [0.2, 0.25) is 0 Å². The van der Waals surface area contributed by atoms with Crippen molar-refractivity contribution in [3.8, 4) is 5.75 Å². The third-order valence-electron chi connectivity index (χ3n) is 1.94. The summed E-state index contributed by atoms with van der Waals surface area (Å²) in [6, 6.07) is 4.96. The number of methoxy groups -OCH3 is 1. The Labute approximate surface area is 116 Å². The van der Waals surface area contributed by atoms with Crippen LogP contribution in [-0.2, 0) is 9.53 Å². The molecule has 17 heavy (non-hydrogen) atoms. The van der Waals surface area contributed by atoms with Gasteiger partial charge in [-0.25, -0.2) is 4.79 Å². The molecule has 0 aliphatic carbocycles. The molecule has 0 fully saturated rings. The number of carbonyl (C=O) groups excluding carboxylic acids is 2. The van der Waals surface area contributed by atoms with Gasteiger partial charge in [0, 0.05) is 6.92 Å². The molecular weight excluding hydrogens is 356 g/mol. The Morgan fingerprint density at radius 2 is 1.94 bits per heavy atom. The van der Waals surface area contributed by atoms with Crippen LogP contribution < -0.4 is 4.74 Å². The summed E-state index contributed by atoms with van der Waals surface area (Å²) in [6.07, 6.45) is 0. The molecule has 6 heteroatoms. The summed E-state index contributed by atoms with van der Waals surface area (Å²) in [4.78, 5) is 22.6. The first kappa shape index (κ1) is 14.2. The molecule has 0 N–H and O–H groups in total. The highest BCUT2D eigenvalue weighted by atomic mass is 79.9. The molecule has 0 radical (unpaired) electrons. The third-order valence-corrected chi connectivity index (χ3v) is 2.92. The zero-order valence-electron chi connectivity index (χ0n) is 9.20. The summed E-state index contributed by atoms with van der Waals surface area (Å²) in [5, 5.41) is 0. The molecule has 1 rings (SSSR count). The summed E-state index contributed by atoms with van der Waals surface area (Å²) in [7, 11) is 1.27. The standard InChI is InChI=1S/C11H10Br2O4/c1-6(14)17-8-5-3-4-7(10(12)13)9(8)11(15)16-2/h3-5,10H,1-2H3. The average molecular weight is 366 g/mol. The summed E-state index contributed by atoms with van der Waals surface area (Å²) in [5.41, 5.74) is 0.861. The van der Waals surface area contributed by atoms with Crippen molar-refractivity contribution < 1.29 is 19.1 Å². The van der Waals surface area contributed by atoms with Gasteiger partial charge in [0.2, 0.25) is 0 Å². The van der Waals surface area contributed by atoms with E-state index >= 15 is 0 Å². The Bertz CT molecular complexity index is 443. The average Bonchev–Trinajstić information content (AvgIpc) is 2.26. The van der Waals surface area contributed by atoms with Crippen LogP contribution in [0.3, 0.4) is 0 Å². The van der Waals surface area contributed by atoms with E-state index in [2.05, 4.69) is 36.6 Å². The fraction of sp³-hybridized carbons (Fsp3) is 0.273. The van der Waals surface area contributed by atoms with E-state index in [1.165, 1.54) is 14.0 Å². The van der Waals surface area contributed by atoms with Gasteiger partial charge in [0.25, 0.3) is 0 Å². The lowest BCUT2D eigenvalue weighted by atomic mass is 10.1. The van der Waals surface area contributed by atoms with Gasteiger partial charge in [0.05, 0.1) is 10.8 Å². The van der Waals surface area contributed by atoms with E-state index in [0.717, 1.165) is 0 Å². The molecule has 0 bridgehead atoms. The number of rotatable bonds is 3. The Balaban J connectivity index is 3.33. The Hall–Kier alpha value is -0.880. The molecule has 1 aromatic carbocycles. The number of hydrogen-bond donors (Lipinski definition) is 0. The minimum absolute atomic E-state index is 0.186. The predicted molar refractivity (Wildman–Crippen MR) is 69.7 cm³/mol. The van der Waals surface area contributed by atoms with Gasteiger partial charge in [0.1, 0.15) is 11.3 Å². The molecule has 0 saturated heterocycles. The van der Waals surface area contributed by atoms with E-state index < -0.39 is 11.9 Å². The van der Waals surface area contributed by atoms with Crippen molar-refractivity contribution >= 4 is 43.8 Å². The second kappa shape index (κ2) is 6.16. The fourth-order valence-corrected chi connectivity index (χ4v) is 2.05. The SMILES string of the molecule is COC(=O)c1c(OC(C)=O)cccc1C(Br)Br. The maximum absolute atomic E-state index is 11.7. The quantitative estimate of drug-likeness (QED) is 0.469. The van der Waals surface area contributed by atoms with E-state index in [1.807, 2.05) is 0 Å². The van der Waals surface area contributed by atoms with Crippen molar-refractivity contribution in [2.24, 2.45) is 0 Å². The first-order valence-corrected chi connectivity index (χ1v) is 6.48. The second-order valence-corrected chi connectivity index (χ2v) is 6.17. The van der Waals surface area contributed by atoms with Crippen molar-refractivity contribution in [1.29, 1.82) is 0 Å². The minimum atomic E-state index is -0.555. The zero-order valence-corrected chi connectivity index (χ0v) is 12.4. The third kappa shape index (κ3) is 3.54. The first-order chi connectivity index (χ1) is 7.97. The molecule has 0 atom stereocenters. The molecule has 0 aromatic heterocycles. The zero-order chi connectivity index (χ0) is 13.0. The Kier molecular flexibility index (Phi) is 5.14. The van der Waals surface area contributed by atoms with Gasteiger partial charge >= 0.3 is 11.9 Å². The molecular formula is C11H10Br2O4. The van der Waals surface area contributed by atoms with Gasteiger partial charge < -0.3 is 9.47 Å². The van der Waals surface area contributed by atoms with Crippen LogP contribution in [0.15, 0.2) is 18.2 Å². The van der Waals surface area contributed by atoms with Crippen LogP contribution in [0, 0.1) is 0 Å². The Morgan fingerprint density at radius 1 is 1.29 bits per heavy atom. The van der Waals surface area contributed by atoms with Gasteiger partial charge in [-0.1, -0.05) is 44.0 Å². The van der Waals surface area contributed by atoms with E-state index in [-0.39, 0.29) is 15.0 Å². The lowest BCUT2D eigenvalue weighted by Crippen LogP contribution is -2.11. The highest BCUT2D eigenvalue weighted by Crippen LogP contribution is 2.36. The molecule has 0 aliphatic heterocycles. The number of halogens is 2. The molecule has 0 aliphatic rings. The van der Waals surface area contributed by atoms with Crippen LogP contribution in [-0.4, -0.2) is 19.0 Å². The molecule has 0 unspecified atom stereocenters. The van der Waals surface area contributed by atoms with Gasteiger partial charge in [-0.3, -0.25) is 4.79 Å². The highest BCUT2D eigenvalue weighted by Gasteiger charge is 2.22. The number of esters is 2. The maximum atomic E-state index is 11.7. The van der Waals surface area contributed by atoms with Crippen LogP contribution in [0.1, 0.15) is 26.6 Å². The maximum Gasteiger partial charge on any atom is 0.342 e. The summed E-state index contributed by atoms with van der Waals surface area (Å²) >= 11 is 6.60. The molecule has 0 amide bonds. The number of hydrogen-bond acceptors (Lipinski definition) is 4. The van der Waals surface area contributed by atoms with E-state index in [4.69, 9.17) is 4.74 Å². The summed E-state index contributed by atoms with van der Waals surface area (Å²) < 4.78 is 9.42. The van der Waals surface area contributed by atoms with Crippen LogP contribution in [0.25, 0.3) is 0 Å².